The molecule has 6 nitrogen and oxygen atoms in total. The highest BCUT2D eigenvalue weighted by molar-refractivity contribution is 6.27. The van der Waals surface area contributed by atoms with Gasteiger partial charge >= 0.3 is 11.9 Å². The Morgan fingerprint density at radius 3 is 2.40 bits per heavy atom. The van der Waals surface area contributed by atoms with Crippen molar-refractivity contribution in [3.05, 3.63) is 35.8 Å². The van der Waals surface area contributed by atoms with Crippen molar-refractivity contribution >= 4 is 22.9 Å². The first-order chi connectivity index (χ1) is 9.32. The normalized spacial score (nSPS) is 11.6. The zero-order valence-electron chi connectivity index (χ0n) is 10.7. The van der Waals surface area contributed by atoms with Gasteiger partial charge in [-0.3, -0.25) is 0 Å². The topological polar surface area (TPSA) is 114 Å². The number of fused-ring (bicyclic) bond motifs is 1. The van der Waals surface area contributed by atoms with Crippen molar-refractivity contribution in [2.45, 2.75) is 19.4 Å². The summed E-state index contributed by atoms with van der Waals surface area (Å²) < 4.78 is 18.5. The Bertz CT molecular complexity index is 608. The molecule has 0 amide bonds. The number of nitrogens with two attached hydrogens (primary N) is 1. The van der Waals surface area contributed by atoms with Gasteiger partial charge in [0.15, 0.2) is 0 Å². The lowest BCUT2D eigenvalue weighted by Crippen LogP contribution is -2.17. The van der Waals surface area contributed by atoms with E-state index < -0.39 is 11.9 Å². The standard InChI is InChI=1S/C11H12FNO.C2H2O4/c1-7(13)6-8-2-3-10(12)9-4-5-14-11(8)9;3-1(4)2(5)6/h2-5,7H,6,13H2,1H3;(H,3,4)(H,5,6). The second kappa shape index (κ2) is 6.67. The molecule has 4 N–H and O–H groups in total. The maximum Gasteiger partial charge on any atom is 0.414 e. The molecule has 0 aliphatic rings. The smallest absolute Gasteiger partial charge is 0.414 e. The minimum absolute atomic E-state index is 0.0498. The lowest BCUT2D eigenvalue weighted by molar-refractivity contribution is -0.159. The summed E-state index contributed by atoms with van der Waals surface area (Å²) in [5.74, 6) is -3.90. The minimum Gasteiger partial charge on any atom is -0.473 e. The molecule has 1 aromatic carbocycles. The number of carboxylic acid groups (broad SMARTS) is 2. The van der Waals surface area contributed by atoms with Crippen LogP contribution >= 0.6 is 0 Å². The maximum absolute atomic E-state index is 13.2. The minimum atomic E-state index is -1.82. The van der Waals surface area contributed by atoms with Crippen molar-refractivity contribution in [2.24, 2.45) is 5.73 Å². The zero-order chi connectivity index (χ0) is 15.3. The van der Waals surface area contributed by atoms with Gasteiger partial charge in [0, 0.05) is 6.04 Å². The van der Waals surface area contributed by atoms with Crippen molar-refractivity contribution in [1.82, 2.24) is 0 Å². The van der Waals surface area contributed by atoms with E-state index in [2.05, 4.69) is 0 Å². The van der Waals surface area contributed by atoms with Gasteiger partial charge in [-0.15, -0.1) is 0 Å². The fourth-order valence-corrected chi connectivity index (χ4v) is 1.59. The van der Waals surface area contributed by atoms with Crippen LogP contribution in [0.25, 0.3) is 11.0 Å². The third-order valence-electron chi connectivity index (χ3n) is 2.37. The molecule has 108 valence electrons. The average Bonchev–Trinajstić information content (AvgIpc) is 2.83. The lowest BCUT2D eigenvalue weighted by atomic mass is 10.1. The van der Waals surface area contributed by atoms with Crippen molar-refractivity contribution in [3.8, 4) is 0 Å². The van der Waals surface area contributed by atoms with E-state index in [0.717, 1.165) is 5.56 Å². The number of rotatable bonds is 2. The highest BCUT2D eigenvalue weighted by Crippen LogP contribution is 2.23. The van der Waals surface area contributed by atoms with Gasteiger partial charge < -0.3 is 20.4 Å². The highest BCUT2D eigenvalue weighted by atomic mass is 19.1. The number of furan rings is 1. The number of hydrogen-bond donors (Lipinski definition) is 3. The van der Waals surface area contributed by atoms with Gasteiger partial charge in [-0.1, -0.05) is 6.07 Å². The monoisotopic (exact) mass is 283 g/mol. The van der Waals surface area contributed by atoms with Gasteiger partial charge in [-0.05, 0) is 31.0 Å². The Kier molecular flexibility index (Phi) is 5.22. The average molecular weight is 283 g/mol. The molecule has 1 atom stereocenters. The summed E-state index contributed by atoms with van der Waals surface area (Å²) in [4.78, 5) is 18.2. The molecular formula is C13H14FNO5. The van der Waals surface area contributed by atoms with E-state index in [0.29, 0.717) is 17.4 Å². The first-order valence-electron chi connectivity index (χ1n) is 5.69. The van der Waals surface area contributed by atoms with Crippen LogP contribution in [-0.2, 0) is 16.0 Å². The Hall–Kier alpha value is -2.41. The van der Waals surface area contributed by atoms with Gasteiger partial charge in [0.25, 0.3) is 0 Å². The Balaban J connectivity index is 0.000000286. The predicted molar refractivity (Wildman–Crippen MR) is 68.8 cm³/mol. The quantitative estimate of drug-likeness (QED) is 0.721. The number of carbonyl (C=O) groups is 2. The van der Waals surface area contributed by atoms with Crippen molar-refractivity contribution in [2.75, 3.05) is 0 Å². The summed E-state index contributed by atoms with van der Waals surface area (Å²) in [5, 5.41) is 15.3. The van der Waals surface area contributed by atoms with E-state index >= 15 is 0 Å². The van der Waals surface area contributed by atoms with Crippen LogP contribution in [0.5, 0.6) is 0 Å². The van der Waals surface area contributed by atoms with Crippen LogP contribution in [0.15, 0.2) is 28.9 Å². The first kappa shape index (κ1) is 15.6. The van der Waals surface area contributed by atoms with Gasteiger partial charge in [-0.25, -0.2) is 14.0 Å². The molecule has 0 bridgehead atoms. The second-order valence-corrected chi connectivity index (χ2v) is 4.16. The predicted octanol–water partition coefficient (Wildman–Crippen LogP) is 1.62. The third kappa shape index (κ3) is 4.06. The number of benzene rings is 1. The molecule has 0 radical (unpaired) electrons. The number of hydrogen-bond acceptors (Lipinski definition) is 4. The van der Waals surface area contributed by atoms with Crippen molar-refractivity contribution in [1.29, 1.82) is 0 Å². The van der Waals surface area contributed by atoms with E-state index in [1.807, 2.05) is 6.92 Å². The van der Waals surface area contributed by atoms with E-state index in [-0.39, 0.29) is 11.9 Å². The molecule has 0 saturated carbocycles. The van der Waals surface area contributed by atoms with E-state index in [1.54, 1.807) is 12.1 Å². The van der Waals surface area contributed by atoms with Crippen LogP contribution < -0.4 is 5.73 Å². The SMILES string of the molecule is CC(N)Cc1ccc(F)c2ccoc12.O=C(O)C(=O)O. The second-order valence-electron chi connectivity index (χ2n) is 4.16. The Morgan fingerprint density at radius 1 is 1.30 bits per heavy atom. The van der Waals surface area contributed by atoms with Crippen LogP contribution in [0.2, 0.25) is 0 Å². The summed E-state index contributed by atoms with van der Waals surface area (Å²) in [7, 11) is 0. The molecule has 7 heteroatoms. The van der Waals surface area contributed by atoms with Crippen LogP contribution in [0.3, 0.4) is 0 Å². The van der Waals surface area contributed by atoms with Gasteiger partial charge in [0.1, 0.15) is 11.4 Å². The maximum atomic E-state index is 13.2. The van der Waals surface area contributed by atoms with Crippen LogP contribution in [0.1, 0.15) is 12.5 Å². The molecular weight excluding hydrogens is 269 g/mol. The van der Waals surface area contributed by atoms with E-state index in [9.17, 15) is 4.39 Å². The largest absolute Gasteiger partial charge is 0.473 e. The van der Waals surface area contributed by atoms with Gasteiger partial charge in [-0.2, -0.15) is 0 Å². The summed E-state index contributed by atoms with van der Waals surface area (Å²) >= 11 is 0. The molecule has 1 heterocycles. The molecule has 0 aliphatic carbocycles. The van der Waals surface area contributed by atoms with Crippen LogP contribution in [0, 0.1) is 5.82 Å². The zero-order valence-corrected chi connectivity index (χ0v) is 10.7. The van der Waals surface area contributed by atoms with E-state index in [4.69, 9.17) is 30.0 Å². The number of halogens is 1. The Labute approximate surface area is 113 Å². The van der Waals surface area contributed by atoms with Gasteiger partial charge in [0.2, 0.25) is 0 Å². The molecule has 20 heavy (non-hydrogen) atoms. The van der Waals surface area contributed by atoms with Crippen molar-refractivity contribution in [3.63, 3.8) is 0 Å². The molecule has 0 fully saturated rings. The van der Waals surface area contributed by atoms with E-state index in [1.165, 1.54) is 12.3 Å². The van der Waals surface area contributed by atoms with Crippen molar-refractivity contribution < 1.29 is 28.6 Å². The summed E-state index contributed by atoms with van der Waals surface area (Å²) in [6.07, 6.45) is 2.20. The van der Waals surface area contributed by atoms with Crippen LogP contribution in [0.4, 0.5) is 4.39 Å². The lowest BCUT2D eigenvalue weighted by Gasteiger charge is -2.05. The summed E-state index contributed by atoms with van der Waals surface area (Å²) in [6, 6.07) is 4.86. The third-order valence-corrected chi connectivity index (χ3v) is 2.37. The van der Waals surface area contributed by atoms with Gasteiger partial charge in [0.05, 0.1) is 11.6 Å². The number of aliphatic carboxylic acids is 2. The molecule has 0 saturated heterocycles. The molecule has 0 spiro atoms. The molecule has 1 unspecified atom stereocenters. The molecule has 1 aromatic heterocycles. The Morgan fingerprint density at radius 2 is 1.90 bits per heavy atom. The summed E-state index contributed by atoms with van der Waals surface area (Å²) in [6.45, 7) is 1.91. The highest BCUT2D eigenvalue weighted by Gasteiger charge is 2.09. The summed E-state index contributed by atoms with van der Waals surface area (Å²) in [5.41, 5.74) is 7.26. The van der Waals surface area contributed by atoms with Crippen LogP contribution in [-0.4, -0.2) is 28.2 Å². The molecule has 2 rings (SSSR count). The fourth-order valence-electron chi connectivity index (χ4n) is 1.59. The molecule has 2 aromatic rings. The fraction of sp³-hybridized carbons (Fsp3) is 0.231. The first-order valence-corrected chi connectivity index (χ1v) is 5.69. The number of carboxylic acids is 2. The molecule has 0 aliphatic heterocycles.